The van der Waals surface area contributed by atoms with Gasteiger partial charge in [-0.25, -0.2) is 8.78 Å². The van der Waals surface area contributed by atoms with Gasteiger partial charge < -0.3 is 10.5 Å². The molecular weight excluding hydrogens is 164 g/mol. The summed E-state index contributed by atoms with van der Waals surface area (Å²) in [6.45, 7) is 1.61. The molecule has 12 heavy (non-hydrogen) atoms. The van der Waals surface area contributed by atoms with Crippen molar-refractivity contribution in [2.45, 2.75) is 19.3 Å². The Kier molecular flexibility index (Phi) is 3.88. The summed E-state index contributed by atoms with van der Waals surface area (Å²) in [5, 5.41) is 0. The minimum Gasteiger partial charge on any atom is -0.381 e. The van der Waals surface area contributed by atoms with Crippen LogP contribution in [-0.4, -0.2) is 26.2 Å². The summed E-state index contributed by atoms with van der Waals surface area (Å²) in [5.74, 6) is 0.191. The first-order chi connectivity index (χ1) is 5.74. The summed E-state index contributed by atoms with van der Waals surface area (Å²) >= 11 is 0. The smallest absolute Gasteiger partial charge is 0.238 e. The van der Waals surface area contributed by atoms with Gasteiger partial charge in [0, 0.05) is 13.0 Å². The molecule has 1 aliphatic rings. The lowest BCUT2D eigenvalue weighted by Gasteiger charge is -2.30. The first-order valence-corrected chi connectivity index (χ1v) is 4.30. The van der Waals surface area contributed by atoms with E-state index >= 15 is 0 Å². The van der Waals surface area contributed by atoms with Gasteiger partial charge in [-0.3, -0.25) is 0 Å². The summed E-state index contributed by atoms with van der Waals surface area (Å²) in [5.41, 5.74) is 5.44. The van der Waals surface area contributed by atoms with Crippen LogP contribution in [-0.2, 0) is 4.74 Å². The van der Waals surface area contributed by atoms with E-state index in [4.69, 9.17) is 10.5 Å². The van der Waals surface area contributed by atoms with Crippen molar-refractivity contribution >= 4 is 0 Å². The number of hydrogen-bond donors (Lipinski definition) is 1. The molecule has 0 bridgehead atoms. The zero-order valence-electron chi connectivity index (χ0n) is 7.01. The molecule has 0 amide bonds. The van der Waals surface area contributed by atoms with Gasteiger partial charge in [0.2, 0.25) is 6.43 Å². The van der Waals surface area contributed by atoms with E-state index in [0.29, 0.717) is 19.8 Å². The Morgan fingerprint density at radius 3 is 2.75 bits per heavy atom. The van der Waals surface area contributed by atoms with Gasteiger partial charge in [-0.05, 0) is 24.8 Å². The minimum absolute atomic E-state index is 0.0226. The molecule has 1 fully saturated rings. The Bertz CT molecular complexity index is 132. The van der Waals surface area contributed by atoms with Crippen molar-refractivity contribution in [3.63, 3.8) is 0 Å². The van der Waals surface area contributed by atoms with Crippen LogP contribution in [0.25, 0.3) is 0 Å². The van der Waals surface area contributed by atoms with Crippen molar-refractivity contribution < 1.29 is 13.5 Å². The van der Waals surface area contributed by atoms with Crippen LogP contribution in [0.3, 0.4) is 0 Å². The molecule has 72 valence electrons. The Labute approximate surface area is 71.1 Å². The van der Waals surface area contributed by atoms with Gasteiger partial charge in [-0.2, -0.15) is 0 Å². The van der Waals surface area contributed by atoms with Crippen molar-refractivity contribution in [3.05, 3.63) is 0 Å². The second-order valence-corrected chi connectivity index (χ2v) is 3.25. The van der Waals surface area contributed by atoms with Crippen molar-refractivity contribution in [2.75, 3.05) is 19.8 Å². The largest absolute Gasteiger partial charge is 0.381 e. The highest BCUT2D eigenvalue weighted by Crippen LogP contribution is 2.26. The first kappa shape index (κ1) is 9.86. The normalized spacial score (nSPS) is 31.0. The average molecular weight is 179 g/mol. The standard InChI is InChI=1S/C8H15F2NO/c9-8(10)3-6-1-2-12-5-7(6)4-11/h6-8H,1-5,11H2. The van der Waals surface area contributed by atoms with Crippen LogP contribution in [0.5, 0.6) is 0 Å². The molecule has 0 aliphatic carbocycles. The molecule has 0 radical (unpaired) electrons. The van der Waals surface area contributed by atoms with Crippen LogP contribution in [0.2, 0.25) is 0 Å². The molecule has 2 N–H and O–H groups in total. The SMILES string of the molecule is NCC1COCCC1CC(F)F. The van der Waals surface area contributed by atoms with Gasteiger partial charge in [0.25, 0.3) is 0 Å². The van der Waals surface area contributed by atoms with Crippen LogP contribution < -0.4 is 5.73 Å². The molecule has 0 saturated carbocycles. The monoisotopic (exact) mass is 179 g/mol. The van der Waals surface area contributed by atoms with Gasteiger partial charge in [0.15, 0.2) is 0 Å². The second-order valence-electron chi connectivity index (χ2n) is 3.25. The molecule has 0 spiro atoms. The maximum atomic E-state index is 12.0. The third-order valence-corrected chi connectivity index (χ3v) is 2.42. The average Bonchev–Trinajstić information content (AvgIpc) is 2.04. The third-order valence-electron chi connectivity index (χ3n) is 2.42. The lowest BCUT2D eigenvalue weighted by Crippen LogP contribution is -2.34. The van der Waals surface area contributed by atoms with E-state index in [1.54, 1.807) is 0 Å². The lowest BCUT2D eigenvalue weighted by molar-refractivity contribution is -0.00461. The van der Waals surface area contributed by atoms with Gasteiger partial charge in [0.1, 0.15) is 0 Å². The van der Waals surface area contributed by atoms with Crippen LogP contribution in [0.15, 0.2) is 0 Å². The zero-order valence-corrected chi connectivity index (χ0v) is 7.01. The molecule has 2 nitrogen and oxygen atoms in total. The van der Waals surface area contributed by atoms with Crippen molar-refractivity contribution in [2.24, 2.45) is 17.6 Å². The molecule has 4 heteroatoms. The summed E-state index contributed by atoms with van der Waals surface area (Å²) < 4.78 is 29.3. The van der Waals surface area contributed by atoms with E-state index in [-0.39, 0.29) is 18.3 Å². The zero-order chi connectivity index (χ0) is 8.97. The molecular formula is C8H15F2NO. The molecule has 1 saturated heterocycles. The maximum Gasteiger partial charge on any atom is 0.238 e. The molecule has 1 rings (SSSR count). The minimum atomic E-state index is -2.21. The van der Waals surface area contributed by atoms with Crippen LogP contribution in [0, 0.1) is 11.8 Å². The van der Waals surface area contributed by atoms with E-state index in [1.807, 2.05) is 0 Å². The summed E-state index contributed by atoms with van der Waals surface area (Å²) in [6, 6.07) is 0. The van der Waals surface area contributed by atoms with Crippen LogP contribution in [0.1, 0.15) is 12.8 Å². The van der Waals surface area contributed by atoms with Crippen molar-refractivity contribution in [1.29, 1.82) is 0 Å². The van der Waals surface area contributed by atoms with Crippen LogP contribution in [0.4, 0.5) is 8.78 Å². The number of ether oxygens (including phenoxy) is 1. The summed E-state index contributed by atoms with van der Waals surface area (Å²) in [4.78, 5) is 0. The van der Waals surface area contributed by atoms with E-state index in [0.717, 1.165) is 6.42 Å². The maximum absolute atomic E-state index is 12.0. The molecule has 0 aromatic heterocycles. The van der Waals surface area contributed by atoms with Crippen molar-refractivity contribution in [1.82, 2.24) is 0 Å². The number of nitrogens with two attached hydrogens (primary N) is 1. The highest BCUT2D eigenvalue weighted by molar-refractivity contribution is 4.74. The highest BCUT2D eigenvalue weighted by atomic mass is 19.3. The van der Waals surface area contributed by atoms with E-state index in [2.05, 4.69) is 0 Å². The molecule has 1 heterocycles. The summed E-state index contributed by atoms with van der Waals surface area (Å²) in [7, 11) is 0. The molecule has 2 atom stereocenters. The van der Waals surface area contributed by atoms with Crippen LogP contribution >= 0.6 is 0 Å². The first-order valence-electron chi connectivity index (χ1n) is 4.30. The molecule has 2 unspecified atom stereocenters. The van der Waals surface area contributed by atoms with E-state index in [1.165, 1.54) is 0 Å². The fraction of sp³-hybridized carbons (Fsp3) is 1.00. The Morgan fingerprint density at radius 1 is 1.42 bits per heavy atom. The molecule has 0 aromatic rings. The van der Waals surface area contributed by atoms with E-state index in [9.17, 15) is 8.78 Å². The molecule has 1 aliphatic heterocycles. The number of alkyl halides is 2. The quantitative estimate of drug-likeness (QED) is 0.707. The van der Waals surface area contributed by atoms with Gasteiger partial charge in [-0.15, -0.1) is 0 Å². The third kappa shape index (κ3) is 2.68. The highest BCUT2D eigenvalue weighted by Gasteiger charge is 2.26. The summed E-state index contributed by atoms with van der Waals surface area (Å²) in [6.07, 6.45) is -1.50. The lowest BCUT2D eigenvalue weighted by atomic mass is 9.86. The Balaban J connectivity index is 2.36. The molecule has 0 aromatic carbocycles. The van der Waals surface area contributed by atoms with Crippen molar-refractivity contribution in [3.8, 4) is 0 Å². The fourth-order valence-corrected chi connectivity index (χ4v) is 1.64. The predicted octanol–water partition coefficient (Wildman–Crippen LogP) is 1.25. The van der Waals surface area contributed by atoms with Gasteiger partial charge in [0.05, 0.1) is 6.61 Å². The predicted molar refractivity (Wildman–Crippen MR) is 42.1 cm³/mol. The topological polar surface area (TPSA) is 35.2 Å². The van der Waals surface area contributed by atoms with E-state index < -0.39 is 6.43 Å². The Morgan fingerprint density at radius 2 is 2.17 bits per heavy atom. The number of hydrogen-bond acceptors (Lipinski definition) is 2. The van der Waals surface area contributed by atoms with Gasteiger partial charge in [-0.1, -0.05) is 0 Å². The second kappa shape index (κ2) is 4.72. The number of rotatable bonds is 3. The number of halogens is 2. The van der Waals surface area contributed by atoms with Gasteiger partial charge >= 0.3 is 0 Å². The fourth-order valence-electron chi connectivity index (χ4n) is 1.64. The Hall–Kier alpha value is -0.220.